The Morgan fingerprint density at radius 1 is 1.30 bits per heavy atom. The van der Waals surface area contributed by atoms with E-state index >= 15 is 0 Å². The largest absolute Gasteiger partial charge is 0.504 e. The summed E-state index contributed by atoms with van der Waals surface area (Å²) in [6.45, 7) is 11.0. The Balaban J connectivity index is 1.60. The van der Waals surface area contributed by atoms with Crippen LogP contribution in [0.3, 0.4) is 0 Å². The summed E-state index contributed by atoms with van der Waals surface area (Å²) in [4.78, 5) is 16.6. The van der Waals surface area contributed by atoms with Crippen molar-refractivity contribution in [3.8, 4) is 11.5 Å². The molecule has 1 saturated heterocycles. The minimum atomic E-state index is -0.0684. The molecule has 164 valence electrons. The normalized spacial score (nSPS) is 17.1. The highest BCUT2D eigenvalue weighted by molar-refractivity contribution is 5.91. The number of amides is 1. The fraction of sp³-hybridized carbons (Fsp3) is 0.591. The highest BCUT2D eigenvalue weighted by Gasteiger charge is 2.23. The number of ether oxygens (including phenoxy) is 1. The summed E-state index contributed by atoms with van der Waals surface area (Å²) in [6, 6.07) is 5.67. The van der Waals surface area contributed by atoms with E-state index < -0.39 is 0 Å². The number of rotatable bonds is 9. The van der Waals surface area contributed by atoms with Gasteiger partial charge in [0.2, 0.25) is 0 Å². The summed E-state index contributed by atoms with van der Waals surface area (Å²) in [7, 11) is 0. The minimum absolute atomic E-state index is 0.0684. The molecule has 0 radical (unpaired) electrons. The van der Waals surface area contributed by atoms with E-state index in [-0.39, 0.29) is 11.7 Å². The van der Waals surface area contributed by atoms with Crippen LogP contribution in [0.15, 0.2) is 24.4 Å². The van der Waals surface area contributed by atoms with E-state index in [0.29, 0.717) is 43.6 Å². The molecule has 1 aromatic heterocycles. The van der Waals surface area contributed by atoms with Crippen molar-refractivity contribution in [1.82, 2.24) is 24.8 Å². The zero-order chi connectivity index (χ0) is 21.5. The Hall–Kier alpha value is -2.61. The van der Waals surface area contributed by atoms with Gasteiger partial charge in [0.15, 0.2) is 17.2 Å². The van der Waals surface area contributed by atoms with Gasteiger partial charge in [-0.05, 0) is 52.1 Å². The third-order valence-corrected chi connectivity index (χ3v) is 5.63. The van der Waals surface area contributed by atoms with Crippen LogP contribution in [0.25, 0.3) is 0 Å². The van der Waals surface area contributed by atoms with Crippen molar-refractivity contribution in [2.24, 2.45) is 5.92 Å². The highest BCUT2D eigenvalue weighted by atomic mass is 16.5. The first-order valence-corrected chi connectivity index (χ1v) is 10.9. The van der Waals surface area contributed by atoms with E-state index in [9.17, 15) is 9.90 Å². The SMILES string of the molecule is CCOc1cccc(CN2CCC[C@@H](Cn3cc(C(=O)N(CC)CC)nn3)C2)c1O. The van der Waals surface area contributed by atoms with Gasteiger partial charge in [-0.25, -0.2) is 0 Å². The molecule has 0 aliphatic carbocycles. The Morgan fingerprint density at radius 2 is 2.10 bits per heavy atom. The number of phenols is 1. The average molecular weight is 416 g/mol. The number of nitrogens with zero attached hydrogens (tertiary/aromatic N) is 5. The van der Waals surface area contributed by atoms with Crippen LogP contribution in [0.2, 0.25) is 0 Å². The summed E-state index contributed by atoms with van der Waals surface area (Å²) in [5.74, 6) is 1.13. The standard InChI is InChI=1S/C22H33N5O3/c1-4-26(5-2)22(29)19-16-27(24-23-19)14-17-9-8-12-25(13-17)15-18-10-7-11-20(21(18)28)30-6-3/h7,10-11,16-17,28H,4-6,8-9,12-15H2,1-3H3/t17-/m1/s1. The summed E-state index contributed by atoms with van der Waals surface area (Å²) in [5.41, 5.74) is 1.29. The maximum atomic E-state index is 12.4. The molecule has 30 heavy (non-hydrogen) atoms. The van der Waals surface area contributed by atoms with Gasteiger partial charge in [-0.3, -0.25) is 14.4 Å². The molecule has 2 aromatic rings. The van der Waals surface area contributed by atoms with Crippen molar-refractivity contribution in [3.63, 3.8) is 0 Å². The van der Waals surface area contributed by atoms with E-state index in [2.05, 4.69) is 15.2 Å². The van der Waals surface area contributed by atoms with Crippen LogP contribution < -0.4 is 4.74 Å². The first kappa shape index (κ1) is 22.1. The molecule has 1 N–H and O–H groups in total. The number of benzene rings is 1. The van der Waals surface area contributed by atoms with Crippen molar-refractivity contribution in [3.05, 3.63) is 35.7 Å². The summed E-state index contributed by atoms with van der Waals surface area (Å²) < 4.78 is 7.29. The number of phenolic OH excluding ortho intramolecular Hbond substituents is 1. The molecule has 0 spiro atoms. The maximum Gasteiger partial charge on any atom is 0.276 e. The lowest BCUT2D eigenvalue weighted by atomic mass is 9.97. The molecule has 0 unspecified atom stereocenters. The molecule has 8 heteroatoms. The van der Waals surface area contributed by atoms with Gasteiger partial charge in [0, 0.05) is 38.3 Å². The van der Waals surface area contributed by atoms with Crippen molar-refractivity contribution < 1.29 is 14.6 Å². The Morgan fingerprint density at radius 3 is 2.83 bits per heavy atom. The Labute approximate surface area is 178 Å². The second-order valence-electron chi connectivity index (χ2n) is 7.74. The predicted octanol–water partition coefficient (Wildman–Crippen LogP) is 2.78. The number of likely N-dealkylation sites (tertiary alicyclic amines) is 1. The molecule has 0 bridgehead atoms. The summed E-state index contributed by atoms with van der Waals surface area (Å²) in [6.07, 6.45) is 3.97. The van der Waals surface area contributed by atoms with E-state index in [1.807, 2.05) is 32.9 Å². The molecule has 8 nitrogen and oxygen atoms in total. The van der Waals surface area contributed by atoms with Crippen molar-refractivity contribution in [2.45, 2.75) is 46.7 Å². The quantitative estimate of drug-likeness (QED) is 0.678. The lowest BCUT2D eigenvalue weighted by molar-refractivity contribution is 0.0767. The zero-order valence-corrected chi connectivity index (χ0v) is 18.3. The lowest BCUT2D eigenvalue weighted by Crippen LogP contribution is -2.36. The van der Waals surface area contributed by atoms with Crippen LogP contribution in [0.4, 0.5) is 0 Å². The van der Waals surface area contributed by atoms with Crippen LogP contribution >= 0.6 is 0 Å². The number of aromatic hydroxyl groups is 1. The number of piperidine rings is 1. The number of carbonyl (C=O) groups excluding carboxylic acids is 1. The highest BCUT2D eigenvalue weighted by Crippen LogP contribution is 2.31. The van der Waals surface area contributed by atoms with Crippen LogP contribution in [0.1, 0.15) is 49.7 Å². The van der Waals surface area contributed by atoms with Crippen LogP contribution in [-0.4, -0.2) is 68.6 Å². The maximum absolute atomic E-state index is 12.4. The fourth-order valence-corrected chi connectivity index (χ4v) is 4.08. The number of carbonyl (C=O) groups is 1. The van der Waals surface area contributed by atoms with Crippen molar-refractivity contribution in [2.75, 3.05) is 32.8 Å². The van der Waals surface area contributed by atoms with Crippen molar-refractivity contribution in [1.29, 1.82) is 0 Å². The van der Waals surface area contributed by atoms with Gasteiger partial charge < -0.3 is 14.7 Å². The van der Waals surface area contributed by atoms with Gasteiger partial charge in [0.05, 0.1) is 12.8 Å². The first-order chi connectivity index (χ1) is 14.5. The van der Waals surface area contributed by atoms with Gasteiger partial charge in [-0.1, -0.05) is 17.3 Å². The first-order valence-electron chi connectivity index (χ1n) is 10.9. The fourth-order valence-electron chi connectivity index (χ4n) is 4.08. The van der Waals surface area contributed by atoms with Crippen LogP contribution in [0.5, 0.6) is 11.5 Å². The number of hydrogen-bond donors (Lipinski definition) is 1. The monoisotopic (exact) mass is 415 g/mol. The zero-order valence-electron chi connectivity index (χ0n) is 18.3. The molecule has 1 aliphatic rings. The van der Waals surface area contributed by atoms with Gasteiger partial charge >= 0.3 is 0 Å². The minimum Gasteiger partial charge on any atom is -0.504 e. The van der Waals surface area contributed by atoms with E-state index in [1.54, 1.807) is 21.8 Å². The molecular formula is C22H33N5O3. The number of hydrogen-bond acceptors (Lipinski definition) is 6. The van der Waals surface area contributed by atoms with Gasteiger partial charge in [0.1, 0.15) is 0 Å². The summed E-state index contributed by atoms with van der Waals surface area (Å²) in [5, 5.41) is 18.7. The molecule has 1 aromatic carbocycles. The molecular weight excluding hydrogens is 382 g/mol. The second kappa shape index (κ2) is 10.4. The van der Waals surface area contributed by atoms with E-state index in [0.717, 1.165) is 38.0 Å². The van der Waals surface area contributed by atoms with Gasteiger partial charge in [0.25, 0.3) is 5.91 Å². The third kappa shape index (κ3) is 5.30. The topological polar surface area (TPSA) is 83.7 Å². The molecule has 1 aliphatic heterocycles. The van der Waals surface area contributed by atoms with Crippen molar-refractivity contribution >= 4 is 5.91 Å². The number of para-hydroxylation sites is 1. The molecule has 0 saturated carbocycles. The second-order valence-corrected chi connectivity index (χ2v) is 7.74. The summed E-state index contributed by atoms with van der Waals surface area (Å²) >= 11 is 0. The molecule has 1 fully saturated rings. The van der Waals surface area contributed by atoms with Gasteiger partial charge in [-0.15, -0.1) is 5.10 Å². The molecule has 1 amide bonds. The Kier molecular flexibility index (Phi) is 7.68. The predicted molar refractivity (Wildman–Crippen MR) is 115 cm³/mol. The van der Waals surface area contributed by atoms with Crippen LogP contribution in [-0.2, 0) is 13.1 Å². The lowest BCUT2D eigenvalue weighted by Gasteiger charge is -2.32. The Bertz CT molecular complexity index is 834. The van der Waals surface area contributed by atoms with E-state index in [4.69, 9.17) is 4.74 Å². The number of aromatic nitrogens is 3. The molecule has 3 rings (SSSR count). The van der Waals surface area contributed by atoms with Crippen LogP contribution in [0, 0.1) is 5.92 Å². The molecule has 2 heterocycles. The van der Waals surface area contributed by atoms with Gasteiger partial charge in [-0.2, -0.15) is 0 Å². The van der Waals surface area contributed by atoms with E-state index in [1.165, 1.54) is 0 Å². The average Bonchev–Trinajstić information content (AvgIpc) is 3.21. The molecule has 1 atom stereocenters. The smallest absolute Gasteiger partial charge is 0.276 e. The third-order valence-electron chi connectivity index (χ3n) is 5.63.